The van der Waals surface area contributed by atoms with E-state index in [-0.39, 0.29) is 11.7 Å². The quantitative estimate of drug-likeness (QED) is 0.750. The lowest BCUT2D eigenvalue weighted by molar-refractivity contribution is -0.122. The second-order valence-electron chi connectivity index (χ2n) is 5.89. The van der Waals surface area contributed by atoms with Gasteiger partial charge < -0.3 is 0 Å². The fourth-order valence-corrected chi connectivity index (χ4v) is 2.86. The van der Waals surface area contributed by atoms with Crippen molar-refractivity contribution in [3.05, 3.63) is 11.8 Å². The van der Waals surface area contributed by atoms with E-state index in [1.807, 2.05) is 0 Å². The van der Waals surface area contributed by atoms with Crippen LogP contribution < -0.4 is 0 Å². The normalized spacial score (nSPS) is 20.3. The highest BCUT2D eigenvalue weighted by molar-refractivity contribution is 6.05. The summed E-state index contributed by atoms with van der Waals surface area (Å²) in [5.41, 5.74) is 1.39. The van der Waals surface area contributed by atoms with E-state index >= 15 is 0 Å². The first kappa shape index (κ1) is 16.4. The number of unbranched alkanes of at least 4 members (excludes halogenated alkanes) is 2. The van der Waals surface area contributed by atoms with Crippen LogP contribution in [0.25, 0.3) is 0 Å². The molecule has 0 N–H and O–H groups in total. The summed E-state index contributed by atoms with van der Waals surface area (Å²) in [5, 5.41) is 13.5. The van der Waals surface area contributed by atoms with Crippen LogP contribution in [0, 0.1) is 17.2 Å². The van der Waals surface area contributed by atoms with Crippen molar-refractivity contribution >= 4 is 17.3 Å². The van der Waals surface area contributed by atoms with E-state index in [0.717, 1.165) is 50.8 Å². The molecule has 1 aliphatic rings. The van der Waals surface area contributed by atoms with Gasteiger partial charge in [-0.3, -0.25) is 4.79 Å². The third-order valence-electron chi connectivity index (χ3n) is 4.28. The number of hydrogen-bond donors (Lipinski definition) is 0. The predicted molar refractivity (Wildman–Crippen MR) is 86.2 cm³/mol. The van der Waals surface area contributed by atoms with Crippen molar-refractivity contribution in [3.63, 3.8) is 0 Å². The summed E-state index contributed by atoms with van der Waals surface area (Å²) >= 11 is 0. The summed E-state index contributed by atoms with van der Waals surface area (Å²) in [4.78, 5) is 16.7. The van der Waals surface area contributed by atoms with E-state index in [0.29, 0.717) is 17.8 Å². The molecule has 0 spiro atoms. The Labute approximate surface area is 132 Å². The molecule has 1 saturated carbocycles. The maximum Gasteiger partial charge on any atom is 0.168 e. The van der Waals surface area contributed by atoms with Crippen LogP contribution in [0.5, 0.6) is 0 Å². The molecule has 1 unspecified atom stereocenters. The Morgan fingerprint density at radius 1 is 1.45 bits per heavy atom. The van der Waals surface area contributed by atoms with E-state index in [2.05, 4.69) is 30.0 Å². The number of nitrogens with zero attached hydrogens (tertiary/aromatic N) is 4. The van der Waals surface area contributed by atoms with Gasteiger partial charge in [0.15, 0.2) is 5.82 Å². The van der Waals surface area contributed by atoms with E-state index in [4.69, 9.17) is 0 Å². The molecular weight excluding hydrogens is 276 g/mol. The summed E-state index contributed by atoms with van der Waals surface area (Å²) < 4.78 is 1.80. The van der Waals surface area contributed by atoms with Crippen molar-refractivity contribution in [3.8, 4) is 6.07 Å². The maximum atomic E-state index is 12.0. The van der Waals surface area contributed by atoms with Gasteiger partial charge in [0, 0.05) is 24.6 Å². The van der Waals surface area contributed by atoms with E-state index in [1.165, 1.54) is 0 Å². The summed E-state index contributed by atoms with van der Waals surface area (Å²) in [5.74, 6) is 1.09. The van der Waals surface area contributed by atoms with Crippen molar-refractivity contribution in [2.24, 2.45) is 10.9 Å². The SMILES string of the molecule is CCCCCn1ncc(C#N)c1N=C1CCC(CC)C(=O)C1. The van der Waals surface area contributed by atoms with Gasteiger partial charge in [0.1, 0.15) is 17.4 Å². The zero-order valence-electron chi connectivity index (χ0n) is 13.5. The van der Waals surface area contributed by atoms with Crippen molar-refractivity contribution in [2.75, 3.05) is 0 Å². The lowest BCUT2D eigenvalue weighted by atomic mass is 9.85. The molecule has 0 aromatic carbocycles. The second-order valence-corrected chi connectivity index (χ2v) is 5.89. The first-order chi connectivity index (χ1) is 10.7. The summed E-state index contributed by atoms with van der Waals surface area (Å²) in [6.07, 6.45) is 7.92. The molecular formula is C17H24N4O. The van der Waals surface area contributed by atoms with Gasteiger partial charge in [-0.1, -0.05) is 26.7 Å². The van der Waals surface area contributed by atoms with Crippen LogP contribution in [0.15, 0.2) is 11.2 Å². The van der Waals surface area contributed by atoms with Gasteiger partial charge in [0.2, 0.25) is 0 Å². The zero-order chi connectivity index (χ0) is 15.9. The van der Waals surface area contributed by atoms with Gasteiger partial charge in [-0.05, 0) is 25.7 Å². The fourth-order valence-electron chi connectivity index (χ4n) is 2.86. The Kier molecular flexibility index (Phi) is 5.88. The molecule has 0 saturated heterocycles. The molecule has 22 heavy (non-hydrogen) atoms. The van der Waals surface area contributed by atoms with E-state index in [9.17, 15) is 10.1 Å². The number of rotatable bonds is 6. The number of nitriles is 1. The van der Waals surface area contributed by atoms with Gasteiger partial charge >= 0.3 is 0 Å². The molecule has 1 heterocycles. The average molecular weight is 300 g/mol. The van der Waals surface area contributed by atoms with Crippen LogP contribution in [0.1, 0.15) is 64.4 Å². The topological polar surface area (TPSA) is 71.0 Å². The molecule has 118 valence electrons. The van der Waals surface area contributed by atoms with Gasteiger partial charge in [0.05, 0.1) is 6.20 Å². The lowest BCUT2D eigenvalue weighted by Gasteiger charge is -2.20. The predicted octanol–water partition coefficient (Wildman–Crippen LogP) is 3.80. The van der Waals surface area contributed by atoms with Crippen LogP contribution in [0.3, 0.4) is 0 Å². The standard InChI is InChI=1S/C17H24N4O/c1-3-5-6-9-21-17(14(11-18)12-19-21)20-15-8-7-13(4-2)16(22)10-15/h12-13H,3-10H2,1-2H3. The molecule has 1 aromatic rings. The van der Waals surface area contributed by atoms with Crippen LogP contribution in [0.4, 0.5) is 5.82 Å². The minimum Gasteiger partial charge on any atom is -0.299 e. The molecule has 1 aliphatic carbocycles. The number of hydrogen-bond acceptors (Lipinski definition) is 4. The van der Waals surface area contributed by atoms with Crippen LogP contribution in [-0.2, 0) is 11.3 Å². The Hall–Kier alpha value is -1.96. The smallest absolute Gasteiger partial charge is 0.168 e. The second kappa shape index (κ2) is 7.88. The Morgan fingerprint density at radius 2 is 2.27 bits per heavy atom. The lowest BCUT2D eigenvalue weighted by Crippen LogP contribution is -2.24. The monoisotopic (exact) mass is 300 g/mol. The Morgan fingerprint density at radius 3 is 2.91 bits per heavy atom. The van der Waals surface area contributed by atoms with Crippen molar-refractivity contribution < 1.29 is 4.79 Å². The van der Waals surface area contributed by atoms with E-state index in [1.54, 1.807) is 10.9 Å². The minimum absolute atomic E-state index is 0.184. The van der Waals surface area contributed by atoms with Gasteiger partial charge in [0.25, 0.3) is 0 Å². The maximum absolute atomic E-state index is 12.0. The molecule has 0 radical (unpaired) electrons. The van der Waals surface area contributed by atoms with Crippen LogP contribution in [-0.4, -0.2) is 21.3 Å². The molecule has 0 amide bonds. The minimum atomic E-state index is 0.184. The van der Waals surface area contributed by atoms with Crippen molar-refractivity contribution in [1.29, 1.82) is 5.26 Å². The molecule has 1 atom stereocenters. The van der Waals surface area contributed by atoms with Gasteiger partial charge in [-0.15, -0.1) is 0 Å². The summed E-state index contributed by atoms with van der Waals surface area (Å²) in [6.45, 7) is 4.98. The number of carbonyl (C=O) groups is 1. The number of Topliss-reactive ketones (excluding diaryl/α,β-unsaturated/α-hetero) is 1. The number of ketones is 1. The number of carbonyl (C=O) groups excluding carboxylic acids is 1. The number of aliphatic imine (C=N–C) groups is 1. The highest BCUT2D eigenvalue weighted by Crippen LogP contribution is 2.26. The van der Waals surface area contributed by atoms with Gasteiger partial charge in [-0.25, -0.2) is 9.67 Å². The number of aromatic nitrogens is 2. The Balaban J connectivity index is 2.17. The molecule has 5 nitrogen and oxygen atoms in total. The van der Waals surface area contributed by atoms with E-state index < -0.39 is 0 Å². The fraction of sp³-hybridized carbons (Fsp3) is 0.647. The summed E-state index contributed by atoms with van der Waals surface area (Å²) in [7, 11) is 0. The molecule has 1 aromatic heterocycles. The van der Waals surface area contributed by atoms with Crippen LogP contribution >= 0.6 is 0 Å². The third-order valence-corrected chi connectivity index (χ3v) is 4.28. The highest BCUT2D eigenvalue weighted by atomic mass is 16.1. The summed E-state index contributed by atoms with van der Waals surface area (Å²) in [6, 6.07) is 2.15. The van der Waals surface area contributed by atoms with Crippen molar-refractivity contribution in [2.45, 2.75) is 65.3 Å². The number of aryl methyl sites for hydroxylation is 1. The molecule has 0 aliphatic heterocycles. The molecule has 1 fully saturated rings. The first-order valence-corrected chi connectivity index (χ1v) is 8.24. The highest BCUT2D eigenvalue weighted by Gasteiger charge is 2.25. The third kappa shape index (κ3) is 3.82. The van der Waals surface area contributed by atoms with Gasteiger partial charge in [-0.2, -0.15) is 10.4 Å². The Bertz CT molecular complexity index is 594. The zero-order valence-corrected chi connectivity index (χ0v) is 13.5. The largest absolute Gasteiger partial charge is 0.299 e. The first-order valence-electron chi connectivity index (χ1n) is 8.24. The molecule has 0 bridgehead atoms. The average Bonchev–Trinajstić information content (AvgIpc) is 2.90. The molecule has 2 rings (SSSR count). The molecule has 5 heteroatoms. The van der Waals surface area contributed by atoms with Crippen molar-refractivity contribution in [1.82, 2.24) is 9.78 Å². The van der Waals surface area contributed by atoms with Crippen LogP contribution in [0.2, 0.25) is 0 Å².